The van der Waals surface area contributed by atoms with Crippen molar-refractivity contribution >= 4 is 11.6 Å². The molecule has 2 aromatic rings. The number of benzene rings is 2. The molecule has 1 saturated heterocycles. The highest BCUT2D eigenvalue weighted by Crippen LogP contribution is 2.38. The second-order valence-corrected chi connectivity index (χ2v) is 5.29. The van der Waals surface area contributed by atoms with E-state index in [4.69, 9.17) is 10.5 Å². The maximum absolute atomic E-state index is 12.1. The fraction of sp³-hybridized carbons (Fsp3) is 0.235. The van der Waals surface area contributed by atoms with E-state index in [1.54, 1.807) is 12.0 Å². The molecule has 0 aromatic heterocycles. The van der Waals surface area contributed by atoms with Crippen molar-refractivity contribution in [2.75, 3.05) is 12.0 Å². The monoisotopic (exact) mass is 282 g/mol. The molecule has 21 heavy (non-hydrogen) atoms. The standard InChI is InChI=1S/C17H18N2O2/c1-11-3-7-13(8-4-11)19-16(15(18)17(19)20)12-5-9-14(21-2)10-6-12/h3-10,15-16H,18H2,1-2H3/t15-,16-/m0/s1. The maximum atomic E-state index is 12.1. The summed E-state index contributed by atoms with van der Waals surface area (Å²) in [5.74, 6) is 0.750. The van der Waals surface area contributed by atoms with Crippen molar-refractivity contribution in [2.24, 2.45) is 5.73 Å². The minimum atomic E-state index is -0.486. The van der Waals surface area contributed by atoms with Gasteiger partial charge in [-0.25, -0.2) is 0 Å². The van der Waals surface area contributed by atoms with E-state index in [-0.39, 0.29) is 11.9 Å². The zero-order valence-electron chi connectivity index (χ0n) is 12.1. The third-order valence-electron chi connectivity index (χ3n) is 3.91. The first-order valence-corrected chi connectivity index (χ1v) is 6.91. The molecule has 0 bridgehead atoms. The number of rotatable bonds is 3. The van der Waals surface area contributed by atoms with Gasteiger partial charge in [0.1, 0.15) is 11.8 Å². The normalized spacial score (nSPS) is 21.1. The fourth-order valence-electron chi connectivity index (χ4n) is 2.66. The molecule has 4 heteroatoms. The molecule has 0 saturated carbocycles. The number of nitrogens with two attached hydrogens (primary N) is 1. The van der Waals surface area contributed by atoms with Crippen LogP contribution in [0.25, 0.3) is 0 Å². The van der Waals surface area contributed by atoms with Gasteiger partial charge in [0.25, 0.3) is 0 Å². The number of methoxy groups -OCH3 is 1. The van der Waals surface area contributed by atoms with Gasteiger partial charge >= 0.3 is 0 Å². The maximum Gasteiger partial charge on any atom is 0.247 e. The number of ether oxygens (including phenoxy) is 1. The molecule has 0 aliphatic carbocycles. The highest BCUT2D eigenvalue weighted by atomic mass is 16.5. The Bertz CT molecular complexity index is 649. The summed E-state index contributed by atoms with van der Waals surface area (Å²) in [5.41, 5.74) is 9.07. The van der Waals surface area contributed by atoms with Crippen molar-refractivity contribution in [3.05, 3.63) is 59.7 Å². The first kappa shape index (κ1) is 13.6. The first-order chi connectivity index (χ1) is 10.1. The van der Waals surface area contributed by atoms with E-state index in [0.717, 1.165) is 22.6 Å². The molecule has 3 rings (SSSR count). The molecule has 0 unspecified atom stereocenters. The van der Waals surface area contributed by atoms with E-state index in [1.165, 1.54) is 0 Å². The molecule has 1 aliphatic heterocycles. The largest absolute Gasteiger partial charge is 0.497 e. The van der Waals surface area contributed by atoms with Crippen LogP contribution >= 0.6 is 0 Å². The number of carbonyl (C=O) groups is 1. The van der Waals surface area contributed by atoms with Crippen LogP contribution in [0.3, 0.4) is 0 Å². The van der Waals surface area contributed by atoms with E-state index in [2.05, 4.69) is 0 Å². The Morgan fingerprint density at radius 3 is 2.24 bits per heavy atom. The SMILES string of the molecule is COc1ccc([C@H]2[C@H](N)C(=O)N2c2ccc(C)cc2)cc1. The predicted molar refractivity (Wildman–Crippen MR) is 82.4 cm³/mol. The summed E-state index contributed by atoms with van der Waals surface area (Å²) < 4.78 is 5.16. The van der Waals surface area contributed by atoms with Gasteiger partial charge in [-0.15, -0.1) is 0 Å². The van der Waals surface area contributed by atoms with Crippen LogP contribution in [0.5, 0.6) is 5.75 Å². The van der Waals surface area contributed by atoms with Gasteiger partial charge in [0, 0.05) is 5.69 Å². The van der Waals surface area contributed by atoms with Gasteiger partial charge in [0.15, 0.2) is 0 Å². The van der Waals surface area contributed by atoms with Gasteiger partial charge in [-0.3, -0.25) is 4.79 Å². The number of hydrogen-bond acceptors (Lipinski definition) is 3. The molecule has 1 fully saturated rings. The topological polar surface area (TPSA) is 55.6 Å². The van der Waals surface area contributed by atoms with E-state index < -0.39 is 6.04 Å². The lowest BCUT2D eigenvalue weighted by molar-refractivity contribution is -0.126. The number of nitrogens with zero attached hydrogens (tertiary/aromatic N) is 1. The van der Waals surface area contributed by atoms with E-state index in [9.17, 15) is 4.79 Å². The number of amides is 1. The minimum absolute atomic E-state index is 0.0420. The second kappa shape index (κ2) is 5.22. The molecule has 2 N–H and O–H groups in total. The average Bonchev–Trinajstić information content (AvgIpc) is 2.53. The number of anilines is 1. The Balaban J connectivity index is 1.92. The Kier molecular flexibility index (Phi) is 3.39. The molecule has 108 valence electrons. The third-order valence-corrected chi connectivity index (χ3v) is 3.91. The summed E-state index contributed by atoms with van der Waals surface area (Å²) in [6, 6.07) is 15.0. The number of aryl methyl sites for hydroxylation is 1. The van der Waals surface area contributed by atoms with Crippen molar-refractivity contribution in [3.63, 3.8) is 0 Å². The van der Waals surface area contributed by atoms with Crippen molar-refractivity contribution in [2.45, 2.75) is 19.0 Å². The number of hydrogen-bond donors (Lipinski definition) is 1. The van der Waals surface area contributed by atoms with Gasteiger partial charge in [-0.05, 0) is 36.8 Å². The van der Waals surface area contributed by atoms with Crippen molar-refractivity contribution < 1.29 is 9.53 Å². The van der Waals surface area contributed by atoms with Crippen LogP contribution in [-0.2, 0) is 4.79 Å². The van der Waals surface area contributed by atoms with Gasteiger partial charge in [-0.1, -0.05) is 29.8 Å². The summed E-state index contributed by atoms with van der Waals surface area (Å²) >= 11 is 0. The zero-order valence-corrected chi connectivity index (χ0v) is 12.1. The predicted octanol–water partition coefficient (Wildman–Crippen LogP) is 2.42. The summed E-state index contributed by atoms with van der Waals surface area (Å²) in [6.45, 7) is 2.02. The third kappa shape index (κ3) is 2.28. The zero-order chi connectivity index (χ0) is 15.0. The summed E-state index contributed by atoms with van der Waals surface area (Å²) in [4.78, 5) is 13.9. The smallest absolute Gasteiger partial charge is 0.247 e. The molecule has 2 atom stereocenters. The summed E-state index contributed by atoms with van der Waals surface area (Å²) in [7, 11) is 1.63. The number of β-lactam (4-membered cyclic amide) rings is 1. The van der Waals surface area contributed by atoms with E-state index >= 15 is 0 Å². The Morgan fingerprint density at radius 1 is 1.05 bits per heavy atom. The first-order valence-electron chi connectivity index (χ1n) is 6.91. The lowest BCUT2D eigenvalue weighted by atomic mass is 9.88. The van der Waals surface area contributed by atoms with Crippen LogP contribution in [0, 0.1) is 6.92 Å². The Hall–Kier alpha value is -2.33. The van der Waals surface area contributed by atoms with Crippen LogP contribution in [0.1, 0.15) is 17.2 Å². The molecule has 4 nitrogen and oxygen atoms in total. The Morgan fingerprint density at radius 2 is 1.67 bits per heavy atom. The van der Waals surface area contributed by atoms with Crippen molar-refractivity contribution in [1.29, 1.82) is 0 Å². The summed E-state index contributed by atoms with van der Waals surface area (Å²) in [6.07, 6.45) is 0. The molecule has 0 radical (unpaired) electrons. The van der Waals surface area contributed by atoms with Crippen LogP contribution in [0.15, 0.2) is 48.5 Å². The molecule has 2 aromatic carbocycles. The quantitative estimate of drug-likeness (QED) is 0.880. The van der Waals surface area contributed by atoms with Gasteiger partial charge < -0.3 is 15.4 Å². The molecule has 1 amide bonds. The summed E-state index contributed by atoms with van der Waals surface area (Å²) in [5, 5.41) is 0. The molecule has 0 spiro atoms. The van der Waals surface area contributed by atoms with Crippen molar-refractivity contribution in [3.8, 4) is 5.75 Å². The molecular weight excluding hydrogens is 264 g/mol. The molecular formula is C17H18N2O2. The van der Waals surface area contributed by atoms with Gasteiger partial charge in [-0.2, -0.15) is 0 Å². The van der Waals surface area contributed by atoms with Crippen LogP contribution in [0.2, 0.25) is 0 Å². The minimum Gasteiger partial charge on any atom is -0.497 e. The van der Waals surface area contributed by atoms with E-state index in [1.807, 2.05) is 55.5 Å². The van der Waals surface area contributed by atoms with Gasteiger partial charge in [0.2, 0.25) is 5.91 Å². The second-order valence-electron chi connectivity index (χ2n) is 5.29. The molecule has 1 heterocycles. The fourth-order valence-corrected chi connectivity index (χ4v) is 2.66. The highest BCUT2D eigenvalue weighted by molar-refractivity contribution is 6.05. The van der Waals surface area contributed by atoms with Crippen LogP contribution in [0.4, 0.5) is 5.69 Å². The number of carbonyl (C=O) groups excluding carboxylic acids is 1. The van der Waals surface area contributed by atoms with Crippen molar-refractivity contribution in [1.82, 2.24) is 0 Å². The van der Waals surface area contributed by atoms with E-state index in [0.29, 0.717) is 0 Å². The molecule has 1 aliphatic rings. The lowest BCUT2D eigenvalue weighted by Crippen LogP contribution is -2.63. The highest BCUT2D eigenvalue weighted by Gasteiger charge is 2.46. The lowest BCUT2D eigenvalue weighted by Gasteiger charge is -2.45. The average molecular weight is 282 g/mol. The Labute approximate surface area is 124 Å². The van der Waals surface area contributed by atoms with Crippen LogP contribution < -0.4 is 15.4 Å². The van der Waals surface area contributed by atoms with Crippen LogP contribution in [-0.4, -0.2) is 19.1 Å². The van der Waals surface area contributed by atoms with Gasteiger partial charge in [0.05, 0.1) is 13.2 Å².